The van der Waals surface area contributed by atoms with Crippen molar-refractivity contribution >= 4 is 15.8 Å². The van der Waals surface area contributed by atoms with Gasteiger partial charge in [0, 0.05) is 32.9 Å². The van der Waals surface area contributed by atoms with Crippen LogP contribution in [0.5, 0.6) is 0 Å². The topological polar surface area (TPSA) is 71.5 Å². The first kappa shape index (κ1) is 15.9. The van der Waals surface area contributed by atoms with Crippen LogP contribution < -0.4 is 5.32 Å². The summed E-state index contributed by atoms with van der Waals surface area (Å²) in [4.78, 5) is 4.22. The third kappa shape index (κ3) is 3.89. The zero-order valence-electron chi connectivity index (χ0n) is 11.6. The Bertz CT molecular complexity index is 491. The van der Waals surface area contributed by atoms with Gasteiger partial charge in [0.1, 0.15) is 10.7 Å². The summed E-state index contributed by atoms with van der Waals surface area (Å²) < 4.78 is 31.7. The number of pyridine rings is 1. The standard InChI is InChI=1S/C12H21N3O3S/c1-4-15(9-10-18-5-2)19(16,17)11-7-6-8-14-12(11)13-3/h6-8H,4-5,9-10H2,1-3H3,(H,13,14). The molecule has 0 fully saturated rings. The van der Waals surface area contributed by atoms with Crippen molar-refractivity contribution in [1.82, 2.24) is 9.29 Å². The van der Waals surface area contributed by atoms with Crippen molar-refractivity contribution in [1.29, 1.82) is 0 Å². The normalized spacial score (nSPS) is 11.8. The van der Waals surface area contributed by atoms with Gasteiger partial charge < -0.3 is 10.1 Å². The molecule has 1 N–H and O–H groups in total. The van der Waals surface area contributed by atoms with Crippen molar-refractivity contribution in [2.75, 3.05) is 38.7 Å². The summed E-state index contributed by atoms with van der Waals surface area (Å²) in [5.74, 6) is 0.359. The fraction of sp³-hybridized carbons (Fsp3) is 0.583. The molecule has 0 spiro atoms. The highest BCUT2D eigenvalue weighted by atomic mass is 32.2. The molecular formula is C12H21N3O3S. The fourth-order valence-electron chi connectivity index (χ4n) is 1.68. The zero-order chi connectivity index (χ0) is 14.3. The Morgan fingerprint density at radius 2 is 2.16 bits per heavy atom. The van der Waals surface area contributed by atoms with Gasteiger partial charge in [-0.05, 0) is 19.1 Å². The highest BCUT2D eigenvalue weighted by molar-refractivity contribution is 7.89. The molecule has 7 heteroatoms. The first-order chi connectivity index (χ1) is 9.07. The molecule has 0 aliphatic heterocycles. The number of ether oxygens (including phenoxy) is 1. The molecule has 0 radical (unpaired) electrons. The Balaban J connectivity index is 2.99. The molecule has 0 amide bonds. The number of nitrogens with zero attached hydrogens (tertiary/aromatic N) is 2. The minimum Gasteiger partial charge on any atom is -0.380 e. The van der Waals surface area contributed by atoms with E-state index < -0.39 is 10.0 Å². The minimum atomic E-state index is -3.55. The van der Waals surface area contributed by atoms with Crippen LogP contribution in [-0.2, 0) is 14.8 Å². The molecule has 1 rings (SSSR count). The maximum Gasteiger partial charge on any atom is 0.246 e. The quantitative estimate of drug-likeness (QED) is 0.727. The van der Waals surface area contributed by atoms with Crippen LogP contribution in [-0.4, -0.2) is 51.1 Å². The van der Waals surface area contributed by atoms with Gasteiger partial charge in [0.25, 0.3) is 0 Å². The smallest absolute Gasteiger partial charge is 0.246 e. The van der Waals surface area contributed by atoms with Gasteiger partial charge in [-0.15, -0.1) is 0 Å². The predicted octanol–water partition coefficient (Wildman–Crippen LogP) is 1.17. The summed E-state index contributed by atoms with van der Waals surface area (Å²) >= 11 is 0. The van der Waals surface area contributed by atoms with E-state index >= 15 is 0 Å². The number of rotatable bonds is 8. The number of anilines is 1. The molecule has 108 valence electrons. The molecule has 6 nitrogen and oxygen atoms in total. The van der Waals surface area contributed by atoms with Crippen molar-refractivity contribution in [2.45, 2.75) is 18.7 Å². The first-order valence-electron chi connectivity index (χ1n) is 6.28. The minimum absolute atomic E-state index is 0.191. The molecule has 0 unspecified atom stereocenters. The molecule has 0 aliphatic carbocycles. The Hall–Kier alpha value is -1.18. The van der Waals surface area contributed by atoms with Crippen LogP contribution in [0.2, 0.25) is 0 Å². The van der Waals surface area contributed by atoms with Gasteiger partial charge >= 0.3 is 0 Å². The van der Waals surface area contributed by atoms with Crippen molar-refractivity contribution in [3.05, 3.63) is 18.3 Å². The lowest BCUT2D eigenvalue weighted by Gasteiger charge is -2.21. The number of hydrogen-bond acceptors (Lipinski definition) is 5. The lowest BCUT2D eigenvalue weighted by Crippen LogP contribution is -2.34. The monoisotopic (exact) mass is 287 g/mol. The van der Waals surface area contributed by atoms with Crippen molar-refractivity contribution in [2.24, 2.45) is 0 Å². The number of aromatic nitrogens is 1. The van der Waals surface area contributed by atoms with Crippen molar-refractivity contribution in [3.63, 3.8) is 0 Å². The van der Waals surface area contributed by atoms with Crippen molar-refractivity contribution < 1.29 is 13.2 Å². The van der Waals surface area contributed by atoms with Crippen LogP contribution in [0.15, 0.2) is 23.2 Å². The molecule has 0 aromatic carbocycles. The summed E-state index contributed by atoms with van der Waals surface area (Å²) in [7, 11) is -1.90. The van der Waals surface area contributed by atoms with E-state index in [9.17, 15) is 8.42 Å². The van der Waals surface area contributed by atoms with Gasteiger partial charge in [0.2, 0.25) is 10.0 Å². The van der Waals surface area contributed by atoms with Crippen LogP contribution in [0, 0.1) is 0 Å². The van der Waals surface area contributed by atoms with E-state index in [1.54, 1.807) is 32.3 Å². The maximum absolute atomic E-state index is 12.5. The number of hydrogen-bond donors (Lipinski definition) is 1. The van der Waals surface area contributed by atoms with Crippen LogP contribution in [0.1, 0.15) is 13.8 Å². The molecule has 1 aromatic rings. The Morgan fingerprint density at radius 3 is 2.74 bits per heavy atom. The molecular weight excluding hydrogens is 266 g/mol. The third-order valence-electron chi connectivity index (χ3n) is 2.67. The first-order valence-corrected chi connectivity index (χ1v) is 7.72. The molecule has 0 bridgehead atoms. The number of sulfonamides is 1. The van der Waals surface area contributed by atoms with Gasteiger partial charge in [-0.3, -0.25) is 0 Å². The second kappa shape index (κ2) is 7.42. The highest BCUT2D eigenvalue weighted by Gasteiger charge is 2.25. The average Bonchev–Trinajstić information content (AvgIpc) is 2.43. The van der Waals surface area contributed by atoms with Crippen LogP contribution in [0.4, 0.5) is 5.82 Å². The average molecular weight is 287 g/mol. The summed E-state index contributed by atoms with van der Waals surface area (Å²) in [6.45, 7) is 5.38. The van der Waals surface area contributed by atoms with E-state index in [4.69, 9.17) is 4.74 Å². The summed E-state index contributed by atoms with van der Waals surface area (Å²) in [6, 6.07) is 3.17. The van der Waals surface area contributed by atoms with Crippen LogP contribution in [0.25, 0.3) is 0 Å². The maximum atomic E-state index is 12.5. The van der Waals surface area contributed by atoms with Crippen LogP contribution >= 0.6 is 0 Å². The van der Waals surface area contributed by atoms with E-state index in [0.29, 0.717) is 32.1 Å². The van der Waals surface area contributed by atoms with Gasteiger partial charge in [0.05, 0.1) is 6.61 Å². The second-order valence-corrected chi connectivity index (χ2v) is 5.70. The van der Waals surface area contributed by atoms with Gasteiger partial charge in [-0.2, -0.15) is 4.31 Å². The number of nitrogens with one attached hydrogen (secondary N) is 1. The Morgan fingerprint density at radius 1 is 1.42 bits per heavy atom. The van der Waals surface area contributed by atoms with Gasteiger partial charge in [-0.25, -0.2) is 13.4 Å². The number of likely N-dealkylation sites (N-methyl/N-ethyl adjacent to an activating group) is 1. The molecule has 1 aromatic heterocycles. The van der Waals surface area contributed by atoms with Crippen molar-refractivity contribution in [3.8, 4) is 0 Å². The van der Waals surface area contributed by atoms with E-state index in [1.807, 2.05) is 6.92 Å². The highest BCUT2D eigenvalue weighted by Crippen LogP contribution is 2.21. The van der Waals surface area contributed by atoms with Gasteiger partial charge in [0.15, 0.2) is 0 Å². The second-order valence-electron chi connectivity index (χ2n) is 3.79. The van der Waals surface area contributed by atoms with E-state index in [1.165, 1.54) is 4.31 Å². The Labute approximate surface area is 114 Å². The predicted molar refractivity (Wildman–Crippen MR) is 74.7 cm³/mol. The SMILES string of the molecule is CCOCCN(CC)S(=O)(=O)c1cccnc1NC. The fourth-order valence-corrected chi connectivity index (χ4v) is 3.27. The molecule has 0 saturated heterocycles. The summed E-state index contributed by atoms with van der Waals surface area (Å²) in [5.41, 5.74) is 0. The molecule has 19 heavy (non-hydrogen) atoms. The van der Waals surface area contributed by atoms with E-state index in [-0.39, 0.29) is 4.90 Å². The molecule has 0 aliphatic rings. The van der Waals surface area contributed by atoms with Crippen LogP contribution in [0.3, 0.4) is 0 Å². The zero-order valence-corrected chi connectivity index (χ0v) is 12.4. The van der Waals surface area contributed by atoms with Gasteiger partial charge in [-0.1, -0.05) is 6.92 Å². The lowest BCUT2D eigenvalue weighted by atomic mass is 10.5. The van der Waals surface area contributed by atoms with E-state index in [2.05, 4.69) is 10.3 Å². The lowest BCUT2D eigenvalue weighted by molar-refractivity contribution is 0.135. The molecule has 0 saturated carbocycles. The molecule has 1 heterocycles. The third-order valence-corrected chi connectivity index (χ3v) is 4.67. The van der Waals surface area contributed by atoms with E-state index in [0.717, 1.165) is 0 Å². The molecule has 0 atom stereocenters. The largest absolute Gasteiger partial charge is 0.380 e. The summed E-state index contributed by atoms with van der Waals surface area (Å²) in [6.07, 6.45) is 1.56. The Kier molecular flexibility index (Phi) is 6.20. The summed E-state index contributed by atoms with van der Waals surface area (Å²) in [5, 5.41) is 2.80.